The Bertz CT molecular complexity index is 504. The zero-order valence-corrected chi connectivity index (χ0v) is 14.1. The molecule has 1 amide bonds. The van der Waals surface area contributed by atoms with Crippen molar-refractivity contribution in [2.45, 2.75) is 64.2 Å². The van der Waals surface area contributed by atoms with Crippen LogP contribution in [0.4, 0.5) is 10.1 Å². The van der Waals surface area contributed by atoms with Crippen molar-refractivity contribution in [2.24, 2.45) is 0 Å². The summed E-state index contributed by atoms with van der Waals surface area (Å²) in [6.45, 7) is 2.22. The van der Waals surface area contributed by atoms with E-state index in [1.54, 1.807) is 0 Å². The van der Waals surface area contributed by atoms with Gasteiger partial charge in [0.15, 0.2) is 0 Å². The zero-order valence-electron chi connectivity index (χ0n) is 12.6. The highest BCUT2D eigenvalue weighted by Crippen LogP contribution is 2.40. The minimum Gasteiger partial charge on any atom is -0.324 e. The fraction of sp³-hybridized carbons (Fsp3) is 0.588. The van der Waals surface area contributed by atoms with Gasteiger partial charge < -0.3 is 5.32 Å². The average Bonchev–Trinajstić information content (AvgIpc) is 2.75. The summed E-state index contributed by atoms with van der Waals surface area (Å²) in [6, 6.07) is 2.89. The molecule has 4 heteroatoms. The quantitative estimate of drug-likeness (QED) is 0.589. The molecule has 21 heavy (non-hydrogen) atoms. The lowest BCUT2D eigenvalue weighted by Gasteiger charge is -2.09. The number of halogens is 2. The van der Waals surface area contributed by atoms with Gasteiger partial charge in [0.2, 0.25) is 5.91 Å². The average molecular weight is 356 g/mol. The van der Waals surface area contributed by atoms with E-state index >= 15 is 0 Å². The third-order valence-corrected chi connectivity index (χ3v) is 4.75. The first-order chi connectivity index (χ1) is 10.1. The lowest BCUT2D eigenvalue weighted by atomic mass is 9.94. The van der Waals surface area contributed by atoms with Crippen LogP contribution < -0.4 is 5.32 Å². The second kappa shape index (κ2) is 7.92. The molecule has 1 aliphatic rings. The highest BCUT2D eigenvalue weighted by molar-refractivity contribution is 9.10. The van der Waals surface area contributed by atoms with Crippen LogP contribution in [0.5, 0.6) is 0 Å². The van der Waals surface area contributed by atoms with E-state index in [1.807, 2.05) is 0 Å². The third-order valence-electron chi connectivity index (χ3n) is 4.12. The van der Waals surface area contributed by atoms with Crippen molar-refractivity contribution in [1.82, 2.24) is 0 Å². The van der Waals surface area contributed by atoms with Crippen LogP contribution >= 0.6 is 15.9 Å². The maximum absolute atomic E-state index is 13.5. The van der Waals surface area contributed by atoms with Crippen LogP contribution in [0.2, 0.25) is 0 Å². The summed E-state index contributed by atoms with van der Waals surface area (Å²) in [5.41, 5.74) is 1.55. The SMILES string of the molecule is CCCCCCCCCC1C(=O)Nc2c(Br)cc(F)cc21. The highest BCUT2D eigenvalue weighted by atomic mass is 79.9. The van der Waals surface area contributed by atoms with Crippen molar-refractivity contribution >= 4 is 27.5 Å². The van der Waals surface area contributed by atoms with Crippen LogP contribution in [0.25, 0.3) is 0 Å². The van der Waals surface area contributed by atoms with Gasteiger partial charge in [-0.1, -0.05) is 51.9 Å². The summed E-state index contributed by atoms with van der Waals surface area (Å²) in [5, 5.41) is 2.86. The predicted molar refractivity (Wildman–Crippen MR) is 88.1 cm³/mol. The van der Waals surface area contributed by atoms with E-state index in [-0.39, 0.29) is 17.6 Å². The number of fused-ring (bicyclic) bond motifs is 1. The molecular formula is C17H23BrFNO. The van der Waals surface area contributed by atoms with Gasteiger partial charge in [0, 0.05) is 4.47 Å². The van der Waals surface area contributed by atoms with Gasteiger partial charge in [0.1, 0.15) is 5.82 Å². The van der Waals surface area contributed by atoms with E-state index < -0.39 is 0 Å². The molecule has 1 N–H and O–H groups in total. The molecule has 1 heterocycles. The minimum atomic E-state index is -0.290. The molecule has 1 aromatic carbocycles. The van der Waals surface area contributed by atoms with Crippen molar-refractivity contribution in [1.29, 1.82) is 0 Å². The van der Waals surface area contributed by atoms with Gasteiger partial charge in [-0.15, -0.1) is 0 Å². The van der Waals surface area contributed by atoms with Crippen LogP contribution in [0.15, 0.2) is 16.6 Å². The monoisotopic (exact) mass is 355 g/mol. The molecule has 0 bridgehead atoms. The van der Waals surface area contributed by atoms with Crippen molar-refractivity contribution in [3.63, 3.8) is 0 Å². The molecule has 2 nitrogen and oxygen atoms in total. The van der Waals surface area contributed by atoms with E-state index in [4.69, 9.17) is 0 Å². The molecule has 2 rings (SSSR count). The number of nitrogens with one attached hydrogen (secondary N) is 1. The van der Waals surface area contributed by atoms with Crippen LogP contribution in [-0.4, -0.2) is 5.91 Å². The van der Waals surface area contributed by atoms with Gasteiger partial charge in [-0.2, -0.15) is 0 Å². The van der Waals surface area contributed by atoms with Gasteiger partial charge in [0.05, 0.1) is 11.6 Å². The summed E-state index contributed by atoms with van der Waals surface area (Å²) >= 11 is 3.32. The van der Waals surface area contributed by atoms with Crippen molar-refractivity contribution in [3.05, 3.63) is 28.0 Å². The molecular weight excluding hydrogens is 333 g/mol. The molecule has 1 aromatic rings. The fourth-order valence-electron chi connectivity index (χ4n) is 2.94. The van der Waals surface area contributed by atoms with Crippen molar-refractivity contribution in [3.8, 4) is 0 Å². The summed E-state index contributed by atoms with van der Waals surface area (Å²) in [7, 11) is 0. The standard InChI is InChI=1S/C17H23BrFNO/c1-2-3-4-5-6-7-8-9-13-14-10-12(19)11-15(18)16(14)20-17(13)21/h10-11,13H,2-9H2,1H3,(H,20,21). The molecule has 0 spiro atoms. The number of rotatable bonds is 8. The van der Waals surface area contributed by atoms with Crippen LogP contribution in [0.1, 0.15) is 69.8 Å². The summed E-state index contributed by atoms with van der Waals surface area (Å²) in [5.74, 6) is -0.480. The lowest BCUT2D eigenvalue weighted by Crippen LogP contribution is -2.11. The highest BCUT2D eigenvalue weighted by Gasteiger charge is 2.31. The Balaban J connectivity index is 1.84. The van der Waals surface area contributed by atoms with E-state index in [0.717, 1.165) is 30.5 Å². The molecule has 0 saturated heterocycles. The normalized spacial score (nSPS) is 16.9. The Kier molecular flexibility index (Phi) is 6.22. The van der Waals surface area contributed by atoms with E-state index in [0.29, 0.717) is 4.47 Å². The molecule has 1 aliphatic heterocycles. The zero-order chi connectivity index (χ0) is 15.2. The Labute approximate surface area is 134 Å². The Morgan fingerprint density at radius 1 is 1.14 bits per heavy atom. The molecule has 1 atom stereocenters. The number of unbranched alkanes of at least 4 members (excludes halogenated alkanes) is 6. The van der Waals surface area contributed by atoms with E-state index in [2.05, 4.69) is 28.2 Å². The van der Waals surface area contributed by atoms with E-state index in [9.17, 15) is 9.18 Å². The number of anilines is 1. The van der Waals surface area contributed by atoms with Crippen LogP contribution in [-0.2, 0) is 4.79 Å². The van der Waals surface area contributed by atoms with Crippen molar-refractivity contribution in [2.75, 3.05) is 5.32 Å². The van der Waals surface area contributed by atoms with E-state index in [1.165, 1.54) is 44.2 Å². The lowest BCUT2D eigenvalue weighted by molar-refractivity contribution is -0.117. The maximum Gasteiger partial charge on any atom is 0.232 e. The molecule has 0 aliphatic carbocycles. The maximum atomic E-state index is 13.5. The second-order valence-corrected chi connectivity index (χ2v) is 6.66. The number of amides is 1. The first-order valence-electron chi connectivity index (χ1n) is 7.93. The van der Waals surface area contributed by atoms with Gasteiger partial charge in [0.25, 0.3) is 0 Å². The molecule has 0 fully saturated rings. The number of hydrogen-bond donors (Lipinski definition) is 1. The third kappa shape index (κ3) is 4.29. The largest absolute Gasteiger partial charge is 0.324 e. The summed E-state index contributed by atoms with van der Waals surface area (Å²) in [4.78, 5) is 12.0. The van der Waals surface area contributed by atoms with Crippen LogP contribution in [0, 0.1) is 5.82 Å². The van der Waals surface area contributed by atoms with Crippen molar-refractivity contribution < 1.29 is 9.18 Å². The first-order valence-corrected chi connectivity index (χ1v) is 8.72. The summed E-state index contributed by atoms with van der Waals surface area (Å²) in [6.07, 6.45) is 9.38. The number of carbonyl (C=O) groups excluding carboxylic acids is 1. The Morgan fingerprint density at radius 3 is 2.52 bits per heavy atom. The molecule has 0 aromatic heterocycles. The minimum absolute atomic E-state index is 0.00211. The Hall–Kier alpha value is -0.900. The van der Waals surface area contributed by atoms with Gasteiger partial charge >= 0.3 is 0 Å². The topological polar surface area (TPSA) is 29.1 Å². The van der Waals surface area contributed by atoms with Crippen LogP contribution in [0.3, 0.4) is 0 Å². The number of benzene rings is 1. The predicted octanol–water partition coefficient (Wildman–Crippen LogP) is 5.76. The summed E-state index contributed by atoms with van der Waals surface area (Å²) < 4.78 is 14.1. The number of hydrogen-bond acceptors (Lipinski definition) is 1. The second-order valence-electron chi connectivity index (χ2n) is 5.80. The van der Waals surface area contributed by atoms with Gasteiger partial charge in [-0.25, -0.2) is 4.39 Å². The van der Waals surface area contributed by atoms with Gasteiger partial charge in [-0.05, 0) is 40.0 Å². The molecule has 116 valence electrons. The van der Waals surface area contributed by atoms with Gasteiger partial charge in [-0.3, -0.25) is 4.79 Å². The molecule has 1 unspecified atom stereocenters. The molecule has 0 radical (unpaired) electrons. The smallest absolute Gasteiger partial charge is 0.232 e. The first kappa shape index (κ1) is 16.5. The molecule has 0 saturated carbocycles. The number of carbonyl (C=O) groups is 1. The Morgan fingerprint density at radius 2 is 1.81 bits per heavy atom. The fourth-order valence-corrected chi connectivity index (χ4v) is 3.49.